The zero-order chi connectivity index (χ0) is 9.52. The average molecular weight is 178 g/mol. The van der Waals surface area contributed by atoms with E-state index >= 15 is 0 Å². The first-order valence-corrected chi connectivity index (χ1v) is 3.89. The summed E-state index contributed by atoms with van der Waals surface area (Å²) in [6.07, 6.45) is 1.57. The smallest absolute Gasteiger partial charge is 0.142 e. The van der Waals surface area contributed by atoms with Gasteiger partial charge in [-0.3, -0.25) is 0 Å². The molecule has 0 aromatic heterocycles. The summed E-state index contributed by atoms with van der Waals surface area (Å²) < 4.78 is 0. The summed E-state index contributed by atoms with van der Waals surface area (Å²) in [5.41, 5.74) is 1.38. The topological polar surface area (TPSA) is 51.0 Å². The molecule has 1 aromatic carbocycles. The van der Waals surface area contributed by atoms with Gasteiger partial charge in [0.1, 0.15) is 12.3 Å². The van der Waals surface area contributed by atoms with Crippen molar-refractivity contribution in [3.63, 3.8) is 0 Å². The van der Waals surface area contributed by atoms with Gasteiger partial charge in [0.05, 0.1) is 0 Å². The maximum atomic E-state index is 10.1. The summed E-state index contributed by atoms with van der Waals surface area (Å²) in [5.74, 6) is 0. The Morgan fingerprint density at radius 2 is 2.08 bits per heavy atom. The van der Waals surface area contributed by atoms with Crippen molar-refractivity contribution in [1.82, 2.24) is 0 Å². The van der Waals surface area contributed by atoms with E-state index in [-0.39, 0.29) is 0 Å². The SMILES string of the molecule is C/C=N/OCc1ccc(N=O)cc1. The van der Waals surface area contributed by atoms with Crippen LogP contribution in [0.3, 0.4) is 0 Å². The quantitative estimate of drug-likeness (QED) is 0.404. The number of oxime groups is 1. The van der Waals surface area contributed by atoms with Gasteiger partial charge in [0.2, 0.25) is 0 Å². The van der Waals surface area contributed by atoms with Crippen LogP contribution in [0.1, 0.15) is 12.5 Å². The third-order valence-electron chi connectivity index (χ3n) is 1.45. The van der Waals surface area contributed by atoms with Crippen LogP contribution >= 0.6 is 0 Å². The van der Waals surface area contributed by atoms with Crippen molar-refractivity contribution >= 4 is 11.9 Å². The fraction of sp³-hybridized carbons (Fsp3) is 0.222. The van der Waals surface area contributed by atoms with Gasteiger partial charge >= 0.3 is 0 Å². The van der Waals surface area contributed by atoms with E-state index < -0.39 is 0 Å². The second kappa shape index (κ2) is 5.03. The minimum absolute atomic E-state index is 0.406. The molecule has 0 aliphatic heterocycles. The largest absolute Gasteiger partial charge is 0.391 e. The molecule has 0 radical (unpaired) electrons. The van der Waals surface area contributed by atoms with Crippen LogP contribution in [0.5, 0.6) is 0 Å². The third kappa shape index (κ3) is 3.02. The van der Waals surface area contributed by atoms with Crippen LogP contribution in [0.4, 0.5) is 5.69 Å². The summed E-state index contributed by atoms with van der Waals surface area (Å²) >= 11 is 0. The van der Waals surface area contributed by atoms with Gasteiger partial charge < -0.3 is 4.84 Å². The lowest BCUT2D eigenvalue weighted by Crippen LogP contribution is -1.85. The molecular weight excluding hydrogens is 168 g/mol. The normalized spacial score (nSPS) is 10.2. The second-order valence-corrected chi connectivity index (χ2v) is 2.39. The molecule has 0 aliphatic rings. The number of benzene rings is 1. The molecule has 4 nitrogen and oxygen atoms in total. The van der Waals surface area contributed by atoms with Crippen LogP contribution in [-0.4, -0.2) is 6.21 Å². The highest BCUT2D eigenvalue weighted by molar-refractivity contribution is 5.52. The van der Waals surface area contributed by atoms with E-state index in [0.29, 0.717) is 12.3 Å². The second-order valence-electron chi connectivity index (χ2n) is 2.39. The molecule has 0 spiro atoms. The van der Waals surface area contributed by atoms with Gasteiger partial charge in [-0.15, -0.1) is 4.91 Å². The van der Waals surface area contributed by atoms with Gasteiger partial charge in [-0.1, -0.05) is 17.3 Å². The van der Waals surface area contributed by atoms with Crippen LogP contribution in [0, 0.1) is 4.91 Å². The van der Waals surface area contributed by atoms with Crippen molar-refractivity contribution in [3.05, 3.63) is 34.7 Å². The first-order chi connectivity index (χ1) is 6.36. The lowest BCUT2D eigenvalue weighted by Gasteiger charge is -1.98. The van der Waals surface area contributed by atoms with Crippen LogP contribution in [0.25, 0.3) is 0 Å². The van der Waals surface area contributed by atoms with E-state index in [1.807, 2.05) is 0 Å². The van der Waals surface area contributed by atoms with Crippen molar-refractivity contribution in [1.29, 1.82) is 0 Å². The molecule has 0 unspecified atom stereocenters. The molecule has 0 saturated heterocycles. The van der Waals surface area contributed by atoms with Gasteiger partial charge in [-0.05, 0) is 29.8 Å². The van der Waals surface area contributed by atoms with E-state index in [1.165, 1.54) is 0 Å². The number of hydrogen-bond acceptors (Lipinski definition) is 4. The molecule has 0 N–H and O–H groups in total. The molecule has 0 atom stereocenters. The average Bonchev–Trinajstić information content (AvgIpc) is 2.19. The highest BCUT2D eigenvalue weighted by atomic mass is 16.6. The standard InChI is InChI=1S/C9H10N2O2/c1-2-10-13-7-8-3-5-9(11-12)6-4-8/h2-6H,7H2,1H3/b10-2+. The van der Waals surface area contributed by atoms with Crippen molar-refractivity contribution in [2.24, 2.45) is 10.3 Å². The van der Waals surface area contributed by atoms with Gasteiger partial charge in [-0.2, -0.15) is 0 Å². The number of nitroso groups, excluding NO2 is 1. The first kappa shape index (κ1) is 9.38. The van der Waals surface area contributed by atoms with Gasteiger partial charge in [0, 0.05) is 6.21 Å². The molecule has 1 rings (SSSR count). The molecule has 0 heterocycles. The van der Waals surface area contributed by atoms with Gasteiger partial charge in [0.15, 0.2) is 0 Å². The zero-order valence-corrected chi connectivity index (χ0v) is 7.30. The number of hydrogen-bond donors (Lipinski definition) is 0. The van der Waals surface area contributed by atoms with Crippen molar-refractivity contribution in [3.8, 4) is 0 Å². The Bertz CT molecular complexity index is 293. The fourth-order valence-corrected chi connectivity index (χ4v) is 0.839. The molecule has 0 amide bonds. The van der Waals surface area contributed by atoms with Crippen molar-refractivity contribution < 1.29 is 4.84 Å². The van der Waals surface area contributed by atoms with Crippen LogP contribution < -0.4 is 0 Å². The molecule has 0 bridgehead atoms. The predicted octanol–water partition coefficient (Wildman–Crippen LogP) is 2.61. The van der Waals surface area contributed by atoms with E-state index in [0.717, 1.165) is 5.56 Å². The first-order valence-electron chi connectivity index (χ1n) is 3.89. The van der Waals surface area contributed by atoms with E-state index in [4.69, 9.17) is 4.84 Å². The summed E-state index contributed by atoms with van der Waals surface area (Å²) in [4.78, 5) is 15.0. The molecule has 0 aliphatic carbocycles. The van der Waals surface area contributed by atoms with Crippen molar-refractivity contribution in [2.45, 2.75) is 13.5 Å². The summed E-state index contributed by atoms with van der Waals surface area (Å²) in [6, 6.07) is 6.84. The third-order valence-corrected chi connectivity index (χ3v) is 1.45. The zero-order valence-electron chi connectivity index (χ0n) is 7.30. The number of nitrogens with zero attached hydrogens (tertiary/aromatic N) is 2. The molecule has 0 fully saturated rings. The van der Waals surface area contributed by atoms with Crippen LogP contribution in [-0.2, 0) is 11.4 Å². The summed E-state index contributed by atoms with van der Waals surface area (Å²) in [6.45, 7) is 2.18. The Balaban J connectivity index is 2.53. The molecule has 13 heavy (non-hydrogen) atoms. The maximum Gasteiger partial charge on any atom is 0.142 e. The monoisotopic (exact) mass is 178 g/mol. The lowest BCUT2D eigenvalue weighted by atomic mass is 10.2. The minimum atomic E-state index is 0.406. The Labute approximate surface area is 76.2 Å². The Hall–Kier alpha value is -1.71. The van der Waals surface area contributed by atoms with Gasteiger partial charge in [-0.25, -0.2) is 0 Å². The minimum Gasteiger partial charge on any atom is -0.391 e. The highest BCUT2D eigenvalue weighted by Gasteiger charge is 1.93. The Morgan fingerprint density at radius 1 is 1.38 bits per heavy atom. The predicted molar refractivity (Wildman–Crippen MR) is 50.9 cm³/mol. The molecule has 0 saturated carbocycles. The van der Waals surface area contributed by atoms with Gasteiger partial charge in [0.25, 0.3) is 0 Å². The molecule has 68 valence electrons. The van der Waals surface area contributed by atoms with Crippen LogP contribution in [0.2, 0.25) is 0 Å². The fourth-order valence-electron chi connectivity index (χ4n) is 0.839. The summed E-state index contributed by atoms with van der Waals surface area (Å²) in [7, 11) is 0. The summed E-state index contributed by atoms with van der Waals surface area (Å²) in [5, 5.41) is 6.39. The lowest BCUT2D eigenvalue weighted by molar-refractivity contribution is 0.132. The van der Waals surface area contributed by atoms with Crippen LogP contribution in [0.15, 0.2) is 34.6 Å². The Kier molecular flexibility index (Phi) is 3.63. The van der Waals surface area contributed by atoms with Crippen molar-refractivity contribution in [2.75, 3.05) is 0 Å². The number of rotatable bonds is 4. The maximum absolute atomic E-state index is 10.1. The van der Waals surface area contributed by atoms with E-state index in [2.05, 4.69) is 10.3 Å². The highest BCUT2D eigenvalue weighted by Crippen LogP contribution is 2.12. The Morgan fingerprint density at radius 3 is 2.62 bits per heavy atom. The van der Waals surface area contributed by atoms with E-state index in [1.54, 1.807) is 37.4 Å². The molecule has 1 aromatic rings. The molecular formula is C9H10N2O2. The molecule has 4 heteroatoms. The van der Waals surface area contributed by atoms with E-state index in [9.17, 15) is 4.91 Å².